The third kappa shape index (κ3) is 3.32. The van der Waals surface area contributed by atoms with E-state index in [1.165, 1.54) is 0 Å². The summed E-state index contributed by atoms with van der Waals surface area (Å²) in [5.41, 5.74) is 3.34. The van der Waals surface area contributed by atoms with Gasteiger partial charge >= 0.3 is 0 Å². The third-order valence-electron chi connectivity index (χ3n) is 6.06. The molecule has 5 rings (SSSR count). The molecule has 0 spiro atoms. The lowest BCUT2D eigenvalue weighted by Gasteiger charge is -2.31. The van der Waals surface area contributed by atoms with E-state index in [9.17, 15) is 9.59 Å². The fourth-order valence-corrected chi connectivity index (χ4v) is 4.21. The maximum Gasteiger partial charge on any atom is 0.259 e. The van der Waals surface area contributed by atoms with Gasteiger partial charge in [-0.1, -0.05) is 5.16 Å². The minimum atomic E-state index is -0.154. The molecule has 1 saturated carbocycles. The smallest absolute Gasteiger partial charge is 0.259 e. The second-order valence-corrected chi connectivity index (χ2v) is 8.00. The van der Waals surface area contributed by atoms with Crippen molar-refractivity contribution in [3.8, 4) is 0 Å². The quantitative estimate of drug-likeness (QED) is 0.716. The Balaban J connectivity index is 1.41. The van der Waals surface area contributed by atoms with Gasteiger partial charge in [0.05, 0.1) is 16.6 Å². The van der Waals surface area contributed by atoms with Crippen LogP contribution in [0.4, 0.5) is 0 Å². The van der Waals surface area contributed by atoms with E-state index in [0.717, 1.165) is 37.1 Å². The summed E-state index contributed by atoms with van der Waals surface area (Å²) in [4.78, 5) is 35.7. The van der Waals surface area contributed by atoms with Gasteiger partial charge in [-0.05, 0) is 43.9 Å². The van der Waals surface area contributed by atoms with Gasteiger partial charge in [-0.3, -0.25) is 14.6 Å². The molecule has 2 aliphatic rings. The summed E-state index contributed by atoms with van der Waals surface area (Å²) in [6.07, 6.45) is 6.97. The molecule has 30 heavy (non-hydrogen) atoms. The van der Waals surface area contributed by atoms with Crippen molar-refractivity contribution in [1.29, 1.82) is 0 Å². The molecule has 1 N–H and O–H groups in total. The molecule has 1 saturated heterocycles. The number of aromatic nitrogens is 3. The van der Waals surface area contributed by atoms with E-state index in [2.05, 4.69) is 20.4 Å². The van der Waals surface area contributed by atoms with Gasteiger partial charge in [0, 0.05) is 55.6 Å². The number of amides is 2. The van der Waals surface area contributed by atoms with Crippen LogP contribution in [0.5, 0.6) is 0 Å². The van der Waals surface area contributed by atoms with E-state index < -0.39 is 0 Å². The summed E-state index contributed by atoms with van der Waals surface area (Å²) in [6.45, 7) is 1.26. The topological polar surface area (TPSA) is 101 Å². The molecule has 0 bridgehead atoms. The Hall–Kier alpha value is -3.29. The Bertz CT molecular complexity index is 1100. The molecule has 0 aromatic carbocycles. The average Bonchev–Trinajstić information content (AvgIpc) is 3.57. The molecule has 8 nitrogen and oxygen atoms in total. The van der Waals surface area contributed by atoms with Gasteiger partial charge in [-0.25, -0.2) is 4.98 Å². The number of fused-ring (bicyclic) bond motifs is 1. The molecule has 4 heterocycles. The molecule has 0 radical (unpaired) electrons. The minimum Gasteiger partial charge on any atom is -0.355 e. The van der Waals surface area contributed by atoms with Gasteiger partial charge in [0.1, 0.15) is 0 Å². The summed E-state index contributed by atoms with van der Waals surface area (Å²) < 4.78 is 5.57. The van der Waals surface area contributed by atoms with Crippen LogP contribution in [-0.2, 0) is 0 Å². The largest absolute Gasteiger partial charge is 0.355 e. The number of pyridine rings is 2. The van der Waals surface area contributed by atoms with Crippen molar-refractivity contribution < 1.29 is 14.1 Å². The number of piperidine rings is 1. The minimum absolute atomic E-state index is 0.0163. The van der Waals surface area contributed by atoms with Crippen molar-refractivity contribution >= 4 is 22.9 Å². The van der Waals surface area contributed by atoms with Crippen LogP contribution in [0.25, 0.3) is 11.1 Å². The highest BCUT2D eigenvalue weighted by atomic mass is 16.5. The Morgan fingerprint density at radius 1 is 1.10 bits per heavy atom. The van der Waals surface area contributed by atoms with E-state index >= 15 is 0 Å². The number of carbonyl (C=O) groups excluding carboxylic acids is 2. The highest BCUT2D eigenvalue weighted by Crippen LogP contribution is 2.41. The molecule has 1 aliphatic heterocycles. The lowest BCUT2D eigenvalue weighted by atomic mass is 9.90. The zero-order valence-electron chi connectivity index (χ0n) is 16.8. The van der Waals surface area contributed by atoms with Crippen LogP contribution >= 0.6 is 0 Å². The molecule has 154 valence electrons. The summed E-state index contributed by atoms with van der Waals surface area (Å²) in [6, 6.07) is 5.36. The monoisotopic (exact) mass is 405 g/mol. The Kier molecular flexibility index (Phi) is 4.69. The fourth-order valence-electron chi connectivity index (χ4n) is 4.21. The number of hydrogen-bond donors (Lipinski definition) is 1. The Morgan fingerprint density at radius 3 is 2.50 bits per heavy atom. The predicted octanol–water partition coefficient (Wildman–Crippen LogP) is 2.87. The Morgan fingerprint density at radius 2 is 1.83 bits per heavy atom. The van der Waals surface area contributed by atoms with Crippen molar-refractivity contribution in [3.05, 3.63) is 53.1 Å². The molecule has 0 atom stereocenters. The number of rotatable bonds is 4. The first-order chi connectivity index (χ1) is 14.7. The van der Waals surface area contributed by atoms with Crippen LogP contribution in [0, 0.1) is 0 Å². The summed E-state index contributed by atoms with van der Waals surface area (Å²) in [5, 5.41) is 7.75. The average molecular weight is 405 g/mol. The lowest BCUT2D eigenvalue weighted by Crippen LogP contribution is -2.38. The number of nitrogens with zero attached hydrogens (tertiary/aromatic N) is 4. The molecule has 2 amide bonds. The van der Waals surface area contributed by atoms with Crippen molar-refractivity contribution in [2.45, 2.75) is 37.5 Å². The van der Waals surface area contributed by atoms with E-state index in [4.69, 9.17) is 4.52 Å². The molecule has 3 aromatic heterocycles. The maximum absolute atomic E-state index is 12.7. The Labute approximate surface area is 173 Å². The van der Waals surface area contributed by atoms with E-state index in [1.54, 1.807) is 31.6 Å². The van der Waals surface area contributed by atoms with Gasteiger partial charge in [-0.15, -0.1) is 0 Å². The molecular formula is C22H23N5O3. The highest BCUT2D eigenvalue weighted by molar-refractivity contribution is 6.06. The van der Waals surface area contributed by atoms with Gasteiger partial charge in [0.25, 0.3) is 17.5 Å². The van der Waals surface area contributed by atoms with Crippen LogP contribution in [0.3, 0.4) is 0 Å². The standard InChI is InChI=1S/C22H23N5O3/c1-23-20(28)16-12-17(13-2-3-13)25-21-18(16)19(26-30-21)14-6-10-27(11-7-14)22(29)15-4-8-24-9-5-15/h4-5,8-9,12-14H,2-3,6-7,10-11H2,1H3,(H,23,28). The second-order valence-electron chi connectivity index (χ2n) is 8.00. The first kappa shape index (κ1) is 18.7. The van der Waals surface area contributed by atoms with Crippen LogP contribution < -0.4 is 5.32 Å². The van der Waals surface area contributed by atoms with Crippen LogP contribution in [0.1, 0.15) is 69.6 Å². The SMILES string of the molecule is CNC(=O)c1cc(C2CC2)nc2onc(C3CCN(C(=O)c4ccncc4)CC3)c12. The number of carbonyl (C=O) groups is 2. The zero-order chi connectivity index (χ0) is 20.7. The van der Waals surface area contributed by atoms with Gasteiger partial charge in [-0.2, -0.15) is 0 Å². The van der Waals surface area contributed by atoms with E-state index in [-0.39, 0.29) is 17.7 Å². The second kappa shape index (κ2) is 7.51. The zero-order valence-corrected chi connectivity index (χ0v) is 16.8. The van der Waals surface area contributed by atoms with E-state index in [1.807, 2.05) is 11.0 Å². The summed E-state index contributed by atoms with van der Waals surface area (Å²) in [5.74, 6) is 0.389. The van der Waals surface area contributed by atoms with Crippen LogP contribution in [0.15, 0.2) is 35.1 Å². The fraction of sp³-hybridized carbons (Fsp3) is 0.409. The van der Waals surface area contributed by atoms with Gasteiger partial charge in [0.15, 0.2) is 0 Å². The summed E-state index contributed by atoms with van der Waals surface area (Å²) in [7, 11) is 1.63. The molecule has 3 aromatic rings. The van der Waals surface area contributed by atoms with Crippen molar-refractivity contribution in [2.75, 3.05) is 20.1 Å². The van der Waals surface area contributed by atoms with Crippen molar-refractivity contribution in [2.24, 2.45) is 0 Å². The highest BCUT2D eigenvalue weighted by Gasteiger charge is 2.32. The normalized spacial score (nSPS) is 17.3. The number of hydrogen-bond acceptors (Lipinski definition) is 6. The molecular weight excluding hydrogens is 382 g/mol. The van der Waals surface area contributed by atoms with Gasteiger partial charge < -0.3 is 14.7 Å². The van der Waals surface area contributed by atoms with E-state index in [0.29, 0.717) is 41.2 Å². The molecule has 2 fully saturated rings. The van der Waals surface area contributed by atoms with Crippen LogP contribution in [-0.4, -0.2) is 52.0 Å². The summed E-state index contributed by atoms with van der Waals surface area (Å²) >= 11 is 0. The molecule has 1 aliphatic carbocycles. The lowest BCUT2D eigenvalue weighted by molar-refractivity contribution is 0.0711. The van der Waals surface area contributed by atoms with Crippen LogP contribution in [0.2, 0.25) is 0 Å². The first-order valence-electron chi connectivity index (χ1n) is 10.4. The third-order valence-corrected chi connectivity index (χ3v) is 6.06. The predicted molar refractivity (Wildman–Crippen MR) is 109 cm³/mol. The number of likely N-dealkylation sites (tertiary alicyclic amines) is 1. The first-order valence-corrected chi connectivity index (χ1v) is 10.4. The van der Waals surface area contributed by atoms with Gasteiger partial charge in [0.2, 0.25) is 0 Å². The van der Waals surface area contributed by atoms with Crippen molar-refractivity contribution in [3.63, 3.8) is 0 Å². The van der Waals surface area contributed by atoms with Crippen molar-refractivity contribution in [1.82, 2.24) is 25.3 Å². The molecule has 0 unspecified atom stereocenters. The number of nitrogens with one attached hydrogen (secondary N) is 1. The maximum atomic E-state index is 12.7. The molecule has 8 heteroatoms.